The lowest BCUT2D eigenvalue weighted by molar-refractivity contribution is -0.167. The van der Waals surface area contributed by atoms with Crippen LogP contribution in [0.25, 0.3) is 0 Å². The smallest absolute Gasteiger partial charge is 0.306 e. The average Bonchev–Trinajstić information content (AvgIpc) is 3.35. The first-order valence-electron chi connectivity index (χ1n) is 30.8. The number of carbonyl (C=O) groups is 3. The molecule has 0 rings (SSSR count). The number of unbranched alkanes of at least 4 members (excludes halogenated alkanes) is 42. The third-order valence-corrected chi connectivity index (χ3v) is 14.0. The fraction of sp³-hybridized carbons (Fsp3) is 0.889. The fourth-order valence-corrected chi connectivity index (χ4v) is 9.30. The van der Waals surface area contributed by atoms with Crippen molar-refractivity contribution in [3.8, 4) is 0 Å². The van der Waals surface area contributed by atoms with Crippen molar-refractivity contribution >= 4 is 17.9 Å². The summed E-state index contributed by atoms with van der Waals surface area (Å²) in [5, 5.41) is 0. The minimum absolute atomic E-state index is 0.0683. The zero-order chi connectivity index (χ0) is 50.0. The zero-order valence-electron chi connectivity index (χ0n) is 46.6. The molecule has 0 aliphatic heterocycles. The standard InChI is InChI=1S/C63H118O6/c1-4-7-10-13-16-18-20-22-24-26-28-29-30-31-32-33-34-36-37-39-41-43-45-47-50-53-56-62(65)68-59-60(58-67-61(64)55-52-49-15-12-9-6-3)69-63(66)57-54-51-48-46-44-42-40-38-35-27-25-23-21-19-17-14-11-8-5-2/h17,19,23,25,60H,4-16,18,20-22,24,26-59H2,1-3H3/b19-17-,25-23-. The van der Waals surface area contributed by atoms with Gasteiger partial charge in [0.05, 0.1) is 0 Å². The number of rotatable bonds is 57. The third-order valence-electron chi connectivity index (χ3n) is 14.0. The summed E-state index contributed by atoms with van der Waals surface area (Å²) in [6.07, 6.45) is 69.4. The molecule has 0 saturated carbocycles. The van der Waals surface area contributed by atoms with Crippen LogP contribution in [-0.2, 0) is 28.6 Å². The largest absolute Gasteiger partial charge is 0.462 e. The molecule has 0 aromatic rings. The van der Waals surface area contributed by atoms with Gasteiger partial charge in [-0.25, -0.2) is 0 Å². The minimum atomic E-state index is -0.767. The lowest BCUT2D eigenvalue weighted by Gasteiger charge is -2.18. The molecule has 0 spiro atoms. The lowest BCUT2D eigenvalue weighted by atomic mass is 10.0. The summed E-state index contributed by atoms with van der Waals surface area (Å²) in [5.41, 5.74) is 0. The van der Waals surface area contributed by atoms with Gasteiger partial charge in [0.2, 0.25) is 0 Å². The summed E-state index contributed by atoms with van der Waals surface area (Å²) in [5.74, 6) is -0.862. The highest BCUT2D eigenvalue weighted by Crippen LogP contribution is 2.18. The molecular weight excluding hydrogens is 853 g/mol. The molecule has 0 saturated heterocycles. The summed E-state index contributed by atoms with van der Waals surface area (Å²) < 4.78 is 16.8. The van der Waals surface area contributed by atoms with Crippen molar-refractivity contribution < 1.29 is 28.6 Å². The van der Waals surface area contributed by atoms with E-state index >= 15 is 0 Å². The van der Waals surface area contributed by atoms with Crippen LogP contribution in [0.1, 0.15) is 342 Å². The number of ether oxygens (including phenoxy) is 3. The van der Waals surface area contributed by atoms with E-state index in [0.29, 0.717) is 19.3 Å². The highest BCUT2D eigenvalue weighted by Gasteiger charge is 2.19. The minimum Gasteiger partial charge on any atom is -0.462 e. The molecule has 406 valence electrons. The van der Waals surface area contributed by atoms with Crippen LogP contribution in [0.5, 0.6) is 0 Å². The van der Waals surface area contributed by atoms with Crippen molar-refractivity contribution in [1.29, 1.82) is 0 Å². The molecule has 0 amide bonds. The van der Waals surface area contributed by atoms with Crippen LogP contribution in [0.15, 0.2) is 24.3 Å². The van der Waals surface area contributed by atoms with Crippen LogP contribution in [-0.4, -0.2) is 37.2 Å². The highest BCUT2D eigenvalue weighted by molar-refractivity contribution is 5.71. The van der Waals surface area contributed by atoms with Crippen molar-refractivity contribution in [3.05, 3.63) is 24.3 Å². The topological polar surface area (TPSA) is 78.9 Å². The molecule has 0 fully saturated rings. The van der Waals surface area contributed by atoms with Crippen LogP contribution in [0.3, 0.4) is 0 Å². The van der Waals surface area contributed by atoms with Crippen molar-refractivity contribution in [2.24, 2.45) is 0 Å². The molecule has 0 N–H and O–H groups in total. The fourth-order valence-electron chi connectivity index (χ4n) is 9.30. The van der Waals surface area contributed by atoms with Crippen molar-refractivity contribution in [2.45, 2.75) is 348 Å². The van der Waals surface area contributed by atoms with Gasteiger partial charge in [-0.05, 0) is 51.4 Å². The van der Waals surface area contributed by atoms with E-state index in [-0.39, 0.29) is 31.1 Å². The SMILES string of the molecule is CCCCC/C=C\C/C=C\CCCCCCCCCCCC(=O)OC(COC(=O)CCCCCCCC)COC(=O)CCCCCCCCCCCCCCCCCCCCCCCCCCCC. The van der Waals surface area contributed by atoms with Gasteiger partial charge in [-0.3, -0.25) is 14.4 Å². The Hall–Kier alpha value is -2.11. The number of esters is 3. The molecule has 69 heavy (non-hydrogen) atoms. The number of allylic oxidation sites excluding steroid dienone is 4. The van der Waals surface area contributed by atoms with Gasteiger partial charge in [0.1, 0.15) is 13.2 Å². The van der Waals surface area contributed by atoms with Crippen LogP contribution in [0.4, 0.5) is 0 Å². The molecule has 0 aliphatic rings. The van der Waals surface area contributed by atoms with E-state index in [4.69, 9.17) is 14.2 Å². The first-order valence-corrected chi connectivity index (χ1v) is 30.8. The Morgan fingerprint density at radius 3 is 0.826 bits per heavy atom. The molecule has 6 nitrogen and oxygen atoms in total. The molecule has 0 radical (unpaired) electrons. The van der Waals surface area contributed by atoms with Crippen LogP contribution in [0.2, 0.25) is 0 Å². The van der Waals surface area contributed by atoms with Gasteiger partial charge in [-0.1, -0.05) is 295 Å². The highest BCUT2D eigenvalue weighted by atomic mass is 16.6. The molecule has 6 heteroatoms. The van der Waals surface area contributed by atoms with Gasteiger partial charge < -0.3 is 14.2 Å². The molecule has 0 aromatic heterocycles. The quantitative estimate of drug-likeness (QED) is 0.0261. The Bertz CT molecular complexity index is 1110. The first-order chi connectivity index (χ1) is 34.0. The molecule has 1 unspecified atom stereocenters. The maximum atomic E-state index is 12.8. The van der Waals surface area contributed by atoms with E-state index in [9.17, 15) is 14.4 Å². The van der Waals surface area contributed by atoms with Crippen LogP contribution >= 0.6 is 0 Å². The predicted octanol–water partition coefficient (Wildman–Crippen LogP) is 20.7. The van der Waals surface area contributed by atoms with E-state index in [1.807, 2.05) is 0 Å². The maximum absolute atomic E-state index is 12.8. The van der Waals surface area contributed by atoms with Crippen LogP contribution in [0, 0.1) is 0 Å². The van der Waals surface area contributed by atoms with E-state index in [2.05, 4.69) is 45.1 Å². The van der Waals surface area contributed by atoms with E-state index in [1.54, 1.807) is 0 Å². The monoisotopic (exact) mass is 971 g/mol. The van der Waals surface area contributed by atoms with Crippen molar-refractivity contribution in [3.63, 3.8) is 0 Å². The Kier molecular flexibility index (Phi) is 56.7. The summed E-state index contributed by atoms with van der Waals surface area (Å²) in [7, 11) is 0. The molecular formula is C63H118O6. The van der Waals surface area contributed by atoms with Gasteiger partial charge in [0.25, 0.3) is 0 Å². The van der Waals surface area contributed by atoms with Gasteiger partial charge in [-0.15, -0.1) is 0 Å². The summed E-state index contributed by atoms with van der Waals surface area (Å²) in [6.45, 7) is 6.61. The Labute approximate surface area is 430 Å². The van der Waals surface area contributed by atoms with Gasteiger partial charge in [0.15, 0.2) is 6.10 Å². The van der Waals surface area contributed by atoms with Crippen LogP contribution < -0.4 is 0 Å². The summed E-state index contributed by atoms with van der Waals surface area (Å²) >= 11 is 0. The summed E-state index contributed by atoms with van der Waals surface area (Å²) in [6, 6.07) is 0. The third kappa shape index (κ3) is 56.7. The molecule has 0 aliphatic carbocycles. The molecule has 0 bridgehead atoms. The van der Waals surface area contributed by atoms with Crippen molar-refractivity contribution in [2.75, 3.05) is 13.2 Å². The molecule has 1 atom stereocenters. The second-order valence-corrected chi connectivity index (χ2v) is 21.0. The van der Waals surface area contributed by atoms with E-state index in [1.165, 1.54) is 238 Å². The number of hydrogen-bond donors (Lipinski definition) is 0. The number of hydrogen-bond acceptors (Lipinski definition) is 6. The molecule has 0 aromatic carbocycles. The Morgan fingerprint density at radius 2 is 0.522 bits per heavy atom. The number of carbonyl (C=O) groups excluding carboxylic acids is 3. The summed E-state index contributed by atoms with van der Waals surface area (Å²) in [4.78, 5) is 37.9. The normalized spacial score (nSPS) is 12.1. The molecule has 0 heterocycles. The predicted molar refractivity (Wildman–Crippen MR) is 298 cm³/mol. The van der Waals surface area contributed by atoms with Gasteiger partial charge >= 0.3 is 17.9 Å². The second-order valence-electron chi connectivity index (χ2n) is 21.0. The Balaban J connectivity index is 4.03. The van der Waals surface area contributed by atoms with E-state index in [0.717, 1.165) is 64.2 Å². The second kappa shape index (κ2) is 58.5. The Morgan fingerprint density at radius 1 is 0.290 bits per heavy atom. The maximum Gasteiger partial charge on any atom is 0.306 e. The van der Waals surface area contributed by atoms with Gasteiger partial charge in [0, 0.05) is 19.3 Å². The van der Waals surface area contributed by atoms with Gasteiger partial charge in [-0.2, -0.15) is 0 Å². The lowest BCUT2D eigenvalue weighted by Crippen LogP contribution is -2.30. The average molecular weight is 972 g/mol. The van der Waals surface area contributed by atoms with E-state index < -0.39 is 6.10 Å². The van der Waals surface area contributed by atoms with Crippen molar-refractivity contribution in [1.82, 2.24) is 0 Å². The zero-order valence-corrected chi connectivity index (χ0v) is 46.6. The first kappa shape index (κ1) is 66.9.